The molecule has 0 radical (unpaired) electrons. The Morgan fingerprint density at radius 1 is 1.57 bits per heavy atom. The van der Waals surface area contributed by atoms with Gasteiger partial charge in [0.25, 0.3) is 0 Å². The smallest absolute Gasteiger partial charge is 0.129 e. The maximum absolute atomic E-state index is 8.95. The third-order valence-corrected chi connectivity index (χ3v) is 2.32. The Balaban J connectivity index is 2.41. The molecule has 3 nitrogen and oxygen atoms in total. The second kappa shape index (κ2) is 5.96. The lowest BCUT2D eigenvalue weighted by molar-refractivity contribution is 0.238. The Kier molecular flexibility index (Phi) is 4.87. The second-order valence-corrected chi connectivity index (χ2v) is 3.55. The first-order valence-corrected chi connectivity index (χ1v) is 5.08. The van der Waals surface area contributed by atoms with Crippen LogP contribution in [0.2, 0.25) is 5.15 Å². The molecule has 0 saturated heterocycles. The highest BCUT2D eigenvalue weighted by Crippen LogP contribution is 2.05. The molecule has 1 rings (SSSR count). The summed E-state index contributed by atoms with van der Waals surface area (Å²) in [5, 5.41) is 12.7. The van der Waals surface area contributed by atoms with Crippen molar-refractivity contribution in [1.82, 2.24) is 10.3 Å². The molecule has 0 aliphatic rings. The highest BCUT2D eigenvalue weighted by atomic mass is 35.5. The first-order chi connectivity index (χ1) is 6.76. The average molecular weight is 215 g/mol. The van der Waals surface area contributed by atoms with E-state index in [1.165, 1.54) is 0 Å². The number of hydrogen-bond donors (Lipinski definition) is 2. The van der Waals surface area contributed by atoms with Gasteiger partial charge in [0.1, 0.15) is 5.15 Å². The van der Waals surface area contributed by atoms with Gasteiger partial charge < -0.3 is 10.4 Å². The molecule has 0 bridgehead atoms. The molecule has 1 atom stereocenters. The Labute approximate surface area is 89.1 Å². The zero-order chi connectivity index (χ0) is 10.4. The predicted molar refractivity (Wildman–Crippen MR) is 57.3 cm³/mol. The summed E-state index contributed by atoms with van der Waals surface area (Å²) in [5.41, 5.74) is 1.07. The molecule has 0 amide bonds. The van der Waals surface area contributed by atoms with Gasteiger partial charge in [0.2, 0.25) is 0 Å². The average Bonchev–Trinajstić information content (AvgIpc) is 2.22. The lowest BCUT2D eigenvalue weighted by Gasteiger charge is -2.13. The van der Waals surface area contributed by atoms with Crippen molar-refractivity contribution in [3.63, 3.8) is 0 Å². The Morgan fingerprint density at radius 3 is 2.86 bits per heavy atom. The van der Waals surface area contributed by atoms with E-state index in [0.717, 1.165) is 12.0 Å². The molecule has 14 heavy (non-hydrogen) atoms. The third-order valence-electron chi connectivity index (χ3n) is 2.10. The van der Waals surface area contributed by atoms with Gasteiger partial charge in [-0.25, -0.2) is 4.98 Å². The minimum atomic E-state index is 0.158. The summed E-state index contributed by atoms with van der Waals surface area (Å²) in [5.74, 6) is 0. The first kappa shape index (κ1) is 11.4. The van der Waals surface area contributed by atoms with Crippen molar-refractivity contribution in [2.45, 2.75) is 25.9 Å². The fourth-order valence-electron chi connectivity index (χ4n) is 1.11. The van der Waals surface area contributed by atoms with Crippen molar-refractivity contribution in [3.05, 3.63) is 29.0 Å². The van der Waals surface area contributed by atoms with E-state index in [9.17, 15) is 0 Å². The Hall–Kier alpha value is -0.640. The number of pyridine rings is 1. The first-order valence-electron chi connectivity index (χ1n) is 4.71. The summed E-state index contributed by atoms with van der Waals surface area (Å²) >= 11 is 5.66. The standard InChI is InChI=1S/C10H15ClN2O/c1-2-9(7-14)12-5-8-3-4-10(11)13-6-8/h3-4,6,9,12,14H,2,5,7H2,1H3/t9-/m1/s1. The number of hydrogen-bond acceptors (Lipinski definition) is 3. The summed E-state index contributed by atoms with van der Waals surface area (Å²) in [6.07, 6.45) is 2.65. The molecule has 0 fully saturated rings. The third kappa shape index (κ3) is 3.62. The number of rotatable bonds is 5. The van der Waals surface area contributed by atoms with Gasteiger partial charge in [0.05, 0.1) is 6.61 Å². The van der Waals surface area contributed by atoms with Gasteiger partial charge in [-0.3, -0.25) is 0 Å². The fourth-order valence-corrected chi connectivity index (χ4v) is 1.22. The molecule has 2 N–H and O–H groups in total. The minimum absolute atomic E-state index is 0.158. The van der Waals surface area contributed by atoms with E-state index in [-0.39, 0.29) is 12.6 Å². The highest BCUT2D eigenvalue weighted by molar-refractivity contribution is 6.29. The fraction of sp³-hybridized carbons (Fsp3) is 0.500. The summed E-state index contributed by atoms with van der Waals surface area (Å²) in [6.45, 7) is 2.91. The minimum Gasteiger partial charge on any atom is -0.395 e. The lowest BCUT2D eigenvalue weighted by Crippen LogP contribution is -2.31. The van der Waals surface area contributed by atoms with Crippen LogP contribution < -0.4 is 5.32 Å². The van der Waals surface area contributed by atoms with Crippen LogP contribution in [0.1, 0.15) is 18.9 Å². The topological polar surface area (TPSA) is 45.1 Å². The summed E-state index contributed by atoms with van der Waals surface area (Å²) in [6, 6.07) is 3.84. The van der Waals surface area contributed by atoms with E-state index >= 15 is 0 Å². The number of aliphatic hydroxyl groups is 1. The van der Waals surface area contributed by atoms with E-state index in [1.807, 2.05) is 13.0 Å². The van der Waals surface area contributed by atoms with Crippen LogP contribution in [0.15, 0.2) is 18.3 Å². The van der Waals surface area contributed by atoms with Crippen LogP contribution in [0.3, 0.4) is 0 Å². The number of aliphatic hydroxyl groups excluding tert-OH is 1. The van der Waals surface area contributed by atoms with Crippen LogP contribution >= 0.6 is 11.6 Å². The van der Waals surface area contributed by atoms with Gasteiger partial charge in [-0.2, -0.15) is 0 Å². The van der Waals surface area contributed by atoms with Crippen molar-refractivity contribution in [1.29, 1.82) is 0 Å². The van der Waals surface area contributed by atoms with Gasteiger partial charge in [-0.1, -0.05) is 24.6 Å². The Bertz CT molecular complexity index is 259. The molecule has 4 heteroatoms. The predicted octanol–water partition coefficient (Wildman–Crippen LogP) is 1.60. The maximum atomic E-state index is 8.95. The van der Waals surface area contributed by atoms with E-state index in [1.54, 1.807) is 12.3 Å². The molecule has 78 valence electrons. The summed E-state index contributed by atoms with van der Waals surface area (Å²) in [7, 11) is 0. The van der Waals surface area contributed by atoms with Gasteiger partial charge in [0, 0.05) is 18.8 Å². The maximum Gasteiger partial charge on any atom is 0.129 e. The normalized spacial score (nSPS) is 12.8. The Morgan fingerprint density at radius 2 is 2.36 bits per heavy atom. The number of aromatic nitrogens is 1. The summed E-state index contributed by atoms with van der Waals surface area (Å²) in [4.78, 5) is 3.97. The van der Waals surface area contributed by atoms with Crippen LogP contribution in [0.4, 0.5) is 0 Å². The second-order valence-electron chi connectivity index (χ2n) is 3.16. The monoisotopic (exact) mass is 214 g/mol. The van der Waals surface area contributed by atoms with Gasteiger partial charge in [0.15, 0.2) is 0 Å². The molecule has 0 spiro atoms. The van der Waals surface area contributed by atoms with Gasteiger partial charge in [-0.15, -0.1) is 0 Å². The van der Waals surface area contributed by atoms with E-state index in [2.05, 4.69) is 10.3 Å². The zero-order valence-electron chi connectivity index (χ0n) is 8.20. The van der Waals surface area contributed by atoms with Crippen LogP contribution in [0, 0.1) is 0 Å². The highest BCUT2D eigenvalue weighted by Gasteiger charge is 2.02. The molecule has 0 aliphatic carbocycles. The molecule has 0 unspecified atom stereocenters. The van der Waals surface area contributed by atoms with Crippen molar-refractivity contribution in [3.8, 4) is 0 Å². The molecule has 0 aliphatic heterocycles. The van der Waals surface area contributed by atoms with Crippen molar-refractivity contribution in [2.75, 3.05) is 6.61 Å². The molecule has 0 aromatic carbocycles. The quantitative estimate of drug-likeness (QED) is 0.732. The van der Waals surface area contributed by atoms with Crippen molar-refractivity contribution in [2.24, 2.45) is 0 Å². The number of nitrogens with one attached hydrogen (secondary N) is 1. The van der Waals surface area contributed by atoms with Crippen LogP contribution in [0.25, 0.3) is 0 Å². The summed E-state index contributed by atoms with van der Waals surface area (Å²) < 4.78 is 0. The molecule has 1 aromatic rings. The molecular weight excluding hydrogens is 200 g/mol. The number of halogens is 1. The lowest BCUT2D eigenvalue weighted by atomic mass is 10.2. The van der Waals surface area contributed by atoms with Gasteiger partial charge in [-0.05, 0) is 18.1 Å². The van der Waals surface area contributed by atoms with Crippen LogP contribution in [-0.2, 0) is 6.54 Å². The zero-order valence-corrected chi connectivity index (χ0v) is 8.96. The van der Waals surface area contributed by atoms with E-state index in [0.29, 0.717) is 11.7 Å². The SMILES string of the molecule is CC[C@H](CO)NCc1ccc(Cl)nc1. The molecule has 1 heterocycles. The van der Waals surface area contributed by atoms with Crippen molar-refractivity contribution < 1.29 is 5.11 Å². The van der Waals surface area contributed by atoms with Crippen molar-refractivity contribution >= 4 is 11.6 Å². The molecule has 0 saturated carbocycles. The largest absolute Gasteiger partial charge is 0.395 e. The van der Waals surface area contributed by atoms with Gasteiger partial charge >= 0.3 is 0 Å². The molecule has 1 aromatic heterocycles. The number of nitrogens with zero attached hydrogens (tertiary/aromatic N) is 1. The van der Waals surface area contributed by atoms with Crippen LogP contribution in [-0.4, -0.2) is 22.7 Å². The van der Waals surface area contributed by atoms with Crippen LogP contribution in [0.5, 0.6) is 0 Å². The van der Waals surface area contributed by atoms with E-state index in [4.69, 9.17) is 16.7 Å². The molecular formula is C10H15ClN2O. The van der Waals surface area contributed by atoms with E-state index < -0.39 is 0 Å².